The van der Waals surface area contributed by atoms with Gasteiger partial charge in [-0.2, -0.15) is 0 Å². The van der Waals surface area contributed by atoms with Crippen LogP contribution in [0.2, 0.25) is 0 Å². The molecule has 0 aliphatic heterocycles. The fourth-order valence-electron chi connectivity index (χ4n) is 1.32. The summed E-state index contributed by atoms with van der Waals surface area (Å²) in [5, 5.41) is 8.58. The van der Waals surface area contributed by atoms with Crippen molar-refractivity contribution in [2.24, 2.45) is 5.73 Å². The molecular formula is C13H15NO4. The molecule has 0 aliphatic rings. The van der Waals surface area contributed by atoms with Crippen LogP contribution in [0.25, 0.3) is 6.08 Å². The van der Waals surface area contributed by atoms with Gasteiger partial charge in [0.25, 0.3) is 0 Å². The van der Waals surface area contributed by atoms with Crippen LogP contribution in [0.3, 0.4) is 0 Å². The fraction of sp³-hybridized carbons (Fsp3) is 0.231. The van der Waals surface area contributed by atoms with Gasteiger partial charge in [-0.3, -0.25) is 4.79 Å². The van der Waals surface area contributed by atoms with Crippen molar-refractivity contribution in [2.45, 2.75) is 13.0 Å². The van der Waals surface area contributed by atoms with E-state index < -0.39 is 18.0 Å². The van der Waals surface area contributed by atoms with Crippen molar-refractivity contribution in [1.82, 2.24) is 0 Å². The lowest BCUT2D eigenvalue weighted by Gasteiger charge is -2.09. The molecule has 96 valence electrons. The molecule has 0 unspecified atom stereocenters. The van der Waals surface area contributed by atoms with Crippen molar-refractivity contribution in [3.63, 3.8) is 0 Å². The van der Waals surface area contributed by atoms with E-state index in [4.69, 9.17) is 15.6 Å². The number of hydrogen-bond acceptors (Lipinski definition) is 4. The van der Waals surface area contributed by atoms with E-state index in [9.17, 15) is 9.59 Å². The van der Waals surface area contributed by atoms with E-state index in [0.717, 1.165) is 0 Å². The lowest BCUT2D eigenvalue weighted by molar-refractivity contribution is -0.139. The van der Waals surface area contributed by atoms with E-state index in [1.807, 2.05) is 6.92 Å². The first-order valence-electron chi connectivity index (χ1n) is 5.43. The second kappa shape index (κ2) is 6.56. The van der Waals surface area contributed by atoms with Crippen molar-refractivity contribution in [3.05, 3.63) is 41.5 Å². The molecule has 0 aliphatic carbocycles. The molecule has 0 heterocycles. The van der Waals surface area contributed by atoms with E-state index in [0.29, 0.717) is 11.1 Å². The van der Waals surface area contributed by atoms with Crippen molar-refractivity contribution >= 4 is 18.0 Å². The van der Waals surface area contributed by atoms with Gasteiger partial charge in [0.2, 0.25) is 0 Å². The van der Waals surface area contributed by atoms with Crippen molar-refractivity contribution in [2.75, 3.05) is 6.61 Å². The Kier molecular flexibility index (Phi) is 5.07. The van der Waals surface area contributed by atoms with Crippen LogP contribution in [0.1, 0.15) is 22.8 Å². The zero-order valence-corrected chi connectivity index (χ0v) is 10.00. The van der Waals surface area contributed by atoms with Gasteiger partial charge < -0.3 is 15.6 Å². The number of nitrogens with two attached hydrogens (primary N) is 1. The highest BCUT2D eigenvalue weighted by atomic mass is 16.5. The second-order valence-electron chi connectivity index (χ2n) is 3.63. The summed E-state index contributed by atoms with van der Waals surface area (Å²) >= 11 is 0. The third-order valence-electron chi connectivity index (χ3n) is 2.24. The standard InChI is InChI=1S/C13H15NO4/c1-2-5-9-6-3-4-7-10(9)13(17)18-8-11(14)12(15)16/h2-7,11H,8,14H2,1H3,(H,15,16)/t11-/m0/s1. The molecule has 0 radical (unpaired) electrons. The number of carboxylic acids is 1. The SMILES string of the molecule is CC=Cc1ccccc1C(=O)OC[C@H](N)C(=O)O. The average Bonchev–Trinajstić information content (AvgIpc) is 2.36. The summed E-state index contributed by atoms with van der Waals surface area (Å²) in [7, 11) is 0. The summed E-state index contributed by atoms with van der Waals surface area (Å²) in [6.45, 7) is 1.49. The predicted molar refractivity (Wildman–Crippen MR) is 67.0 cm³/mol. The van der Waals surface area contributed by atoms with Gasteiger partial charge in [-0.05, 0) is 18.6 Å². The quantitative estimate of drug-likeness (QED) is 0.767. The van der Waals surface area contributed by atoms with Gasteiger partial charge in [-0.25, -0.2) is 4.79 Å². The van der Waals surface area contributed by atoms with Gasteiger partial charge in [0.15, 0.2) is 0 Å². The van der Waals surface area contributed by atoms with Crippen LogP contribution in [0.15, 0.2) is 30.3 Å². The van der Waals surface area contributed by atoms with Gasteiger partial charge in [0.05, 0.1) is 5.56 Å². The number of carbonyl (C=O) groups is 2. The Hall–Kier alpha value is -2.14. The molecule has 18 heavy (non-hydrogen) atoms. The highest BCUT2D eigenvalue weighted by Crippen LogP contribution is 2.12. The van der Waals surface area contributed by atoms with Gasteiger partial charge in [0.1, 0.15) is 12.6 Å². The molecule has 1 aromatic rings. The molecule has 0 spiro atoms. The molecule has 0 amide bonds. The summed E-state index contributed by atoms with van der Waals surface area (Å²) in [6.07, 6.45) is 3.57. The Morgan fingerprint density at radius 3 is 2.72 bits per heavy atom. The molecular weight excluding hydrogens is 234 g/mol. The highest BCUT2D eigenvalue weighted by Gasteiger charge is 2.16. The maximum atomic E-state index is 11.8. The number of esters is 1. The largest absolute Gasteiger partial charge is 0.480 e. The summed E-state index contributed by atoms with van der Waals surface area (Å²) < 4.78 is 4.86. The Morgan fingerprint density at radius 2 is 2.11 bits per heavy atom. The number of benzene rings is 1. The van der Waals surface area contributed by atoms with E-state index >= 15 is 0 Å². The van der Waals surface area contributed by atoms with Crippen molar-refractivity contribution < 1.29 is 19.4 Å². The topological polar surface area (TPSA) is 89.6 Å². The van der Waals surface area contributed by atoms with Crippen LogP contribution in [-0.4, -0.2) is 29.7 Å². The molecule has 0 saturated carbocycles. The minimum absolute atomic E-state index is 0.349. The zero-order chi connectivity index (χ0) is 13.5. The lowest BCUT2D eigenvalue weighted by Crippen LogP contribution is -2.35. The number of allylic oxidation sites excluding steroid dienone is 1. The third kappa shape index (κ3) is 3.71. The zero-order valence-electron chi connectivity index (χ0n) is 10.00. The predicted octanol–water partition coefficient (Wildman–Crippen LogP) is 1.29. The van der Waals surface area contributed by atoms with Gasteiger partial charge >= 0.3 is 11.9 Å². The normalized spacial score (nSPS) is 12.3. The highest BCUT2D eigenvalue weighted by molar-refractivity contribution is 5.93. The van der Waals surface area contributed by atoms with Crippen LogP contribution in [0.4, 0.5) is 0 Å². The molecule has 0 aromatic heterocycles. The first-order valence-corrected chi connectivity index (χ1v) is 5.43. The monoisotopic (exact) mass is 249 g/mol. The smallest absolute Gasteiger partial charge is 0.338 e. The number of ether oxygens (including phenoxy) is 1. The molecule has 1 atom stereocenters. The maximum absolute atomic E-state index is 11.8. The molecule has 1 rings (SSSR count). The number of rotatable bonds is 5. The van der Waals surface area contributed by atoms with Crippen molar-refractivity contribution in [3.8, 4) is 0 Å². The van der Waals surface area contributed by atoms with E-state index in [-0.39, 0.29) is 6.61 Å². The summed E-state index contributed by atoms with van der Waals surface area (Å²) in [5.74, 6) is -1.79. The van der Waals surface area contributed by atoms with Crippen LogP contribution >= 0.6 is 0 Å². The Bertz CT molecular complexity index is 468. The summed E-state index contributed by atoms with van der Waals surface area (Å²) in [5.41, 5.74) is 6.35. The molecule has 0 fully saturated rings. The summed E-state index contributed by atoms with van der Waals surface area (Å²) in [4.78, 5) is 22.3. The Balaban J connectivity index is 2.75. The van der Waals surface area contributed by atoms with E-state index in [2.05, 4.69) is 0 Å². The second-order valence-corrected chi connectivity index (χ2v) is 3.63. The first kappa shape index (κ1) is 13.9. The number of hydrogen-bond donors (Lipinski definition) is 2. The first-order chi connectivity index (χ1) is 8.56. The minimum atomic E-state index is -1.21. The molecule has 3 N–H and O–H groups in total. The van der Waals surface area contributed by atoms with Crippen LogP contribution in [0.5, 0.6) is 0 Å². The average molecular weight is 249 g/mol. The number of carboxylic acid groups (broad SMARTS) is 1. The molecule has 0 saturated heterocycles. The van der Waals surface area contributed by atoms with Crippen LogP contribution in [-0.2, 0) is 9.53 Å². The van der Waals surface area contributed by atoms with Gasteiger partial charge in [-0.15, -0.1) is 0 Å². The summed E-state index contributed by atoms with van der Waals surface area (Å²) in [6, 6.07) is 5.69. The van der Waals surface area contributed by atoms with Gasteiger partial charge in [-0.1, -0.05) is 30.4 Å². The number of aliphatic carboxylic acids is 1. The Labute approximate surface area is 105 Å². The van der Waals surface area contributed by atoms with Gasteiger partial charge in [0, 0.05) is 0 Å². The molecule has 5 nitrogen and oxygen atoms in total. The van der Waals surface area contributed by atoms with E-state index in [1.165, 1.54) is 0 Å². The van der Waals surface area contributed by atoms with E-state index in [1.54, 1.807) is 36.4 Å². The molecule has 5 heteroatoms. The van der Waals surface area contributed by atoms with Crippen molar-refractivity contribution in [1.29, 1.82) is 0 Å². The molecule has 1 aromatic carbocycles. The fourth-order valence-corrected chi connectivity index (χ4v) is 1.32. The minimum Gasteiger partial charge on any atom is -0.480 e. The number of carbonyl (C=O) groups excluding carboxylic acids is 1. The molecule has 0 bridgehead atoms. The maximum Gasteiger partial charge on any atom is 0.338 e. The Morgan fingerprint density at radius 1 is 1.44 bits per heavy atom. The van der Waals surface area contributed by atoms with Crippen LogP contribution < -0.4 is 5.73 Å². The third-order valence-corrected chi connectivity index (χ3v) is 2.24. The lowest BCUT2D eigenvalue weighted by atomic mass is 10.1. The van der Waals surface area contributed by atoms with Crippen LogP contribution in [0, 0.1) is 0 Å².